The van der Waals surface area contributed by atoms with Crippen molar-refractivity contribution >= 4 is 54.9 Å². The van der Waals surface area contributed by atoms with Crippen molar-refractivity contribution < 1.29 is 13.2 Å². The van der Waals surface area contributed by atoms with Crippen LogP contribution in [0.4, 0.5) is 5.69 Å². The minimum Gasteiger partial charge on any atom is -0.325 e. The zero-order valence-electron chi connectivity index (χ0n) is 17.2. The van der Waals surface area contributed by atoms with Gasteiger partial charge in [-0.3, -0.25) is 4.79 Å². The van der Waals surface area contributed by atoms with Crippen LogP contribution in [0.5, 0.6) is 0 Å². The Hall–Kier alpha value is -2.01. The van der Waals surface area contributed by atoms with Gasteiger partial charge in [-0.2, -0.15) is 4.31 Å². The number of amides is 1. The second-order valence-corrected chi connectivity index (χ2v) is 11.4. The first-order valence-electron chi connectivity index (χ1n) is 10.1. The van der Waals surface area contributed by atoms with E-state index >= 15 is 0 Å². The largest absolute Gasteiger partial charge is 0.325 e. The second-order valence-electron chi connectivity index (χ2n) is 7.49. The molecular weight excluding hydrogens is 452 g/mol. The summed E-state index contributed by atoms with van der Waals surface area (Å²) in [4.78, 5) is 21.1. The Labute approximate surface area is 190 Å². The highest BCUT2D eigenvalue weighted by molar-refractivity contribution is 8.00. The van der Waals surface area contributed by atoms with Gasteiger partial charge in [-0.05, 0) is 48.6 Å². The number of aromatic nitrogens is 2. The van der Waals surface area contributed by atoms with Gasteiger partial charge in [0.1, 0.15) is 11.4 Å². The first-order chi connectivity index (χ1) is 14.9. The molecule has 0 bridgehead atoms. The Kier molecular flexibility index (Phi) is 6.90. The predicted molar refractivity (Wildman–Crippen MR) is 125 cm³/mol. The SMILES string of the molecule is CN(C1CCCCC1)S(=O)(=O)c1ccc(NC(=O)CSc2ncnc3ccsc23)cc1. The molecule has 1 aliphatic carbocycles. The quantitative estimate of drug-likeness (QED) is 0.402. The number of fused-ring (bicyclic) bond motifs is 1. The van der Waals surface area contributed by atoms with E-state index in [0.717, 1.165) is 40.9 Å². The molecule has 0 atom stereocenters. The number of nitrogens with one attached hydrogen (secondary N) is 1. The first kappa shape index (κ1) is 22.2. The number of rotatable bonds is 7. The zero-order valence-corrected chi connectivity index (χ0v) is 19.6. The highest BCUT2D eigenvalue weighted by atomic mass is 32.2. The monoisotopic (exact) mass is 476 g/mol. The van der Waals surface area contributed by atoms with Crippen molar-refractivity contribution in [3.63, 3.8) is 0 Å². The summed E-state index contributed by atoms with van der Waals surface area (Å²) in [6.07, 6.45) is 6.63. The van der Waals surface area contributed by atoms with Crippen molar-refractivity contribution in [2.45, 2.75) is 48.1 Å². The molecular formula is C21H24N4O3S3. The minimum atomic E-state index is -3.54. The molecule has 2 heterocycles. The third-order valence-electron chi connectivity index (χ3n) is 5.45. The Morgan fingerprint density at radius 3 is 2.65 bits per heavy atom. The van der Waals surface area contributed by atoms with Crippen LogP contribution in [0.15, 0.2) is 52.0 Å². The summed E-state index contributed by atoms with van der Waals surface area (Å²) < 4.78 is 28.3. The van der Waals surface area contributed by atoms with E-state index in [0.29, 0.717) is 5.69 Å². The number of anilines is 1. The number of thiophene rings is 1. The summed E-state index contributed by atoms with van der Waals surface area (Å²) in [5, 5.41) is 5.55. The van der Waals surface area contributed by atoms with Gasteiger partial charge in [-0.25, -0.2) is 18.4 Å². The van der Waals surface area contributed by atoms with Crippen LogP contribution in [0.2, 0.25) is 0 Å². The number of carbonyl (C=O) groups excluding carboxylic acids is 1. The topological polar surface area (TPSA) is 92.3 Å². The van der Waals surface area contributed by atoms with Gasteiger partial charge in [0.25, 0.3) is 0 Å². The zero-order chi connectivity index (χ0) is 21.8. The highest BCUT2D eigenvalue weighted by Crippen LogP contribution is 2.29. The van der Waals surface area contributed by atoms with E-state index in [-0.39, 0.29) is 22.6 Å². The maximum Gasteiger partial charge on any atom is 0.243 e. The lowest BCUT2D eigenvalue weighted by atomic mass is 9.96. The maximum absolute atomic E-state index is 12.9. The van der Waals surface area contributed by atoms with Gasteiger partial charge in [0.2, 0.25) is 15.9 Å². The molecule has 1 fully saturated rings. The van der Waals surface area contributed by atoms with E-state index in [4.69, 9.17) is 0 Å². The van der Waals surface area contributed by atoms with Gasteiger partial charge in [0, 0.05) is 18.8 Å². The Morgan fingerprint density at radius 2 is 1.90 bits per heavy atom. The predicted octanol–water partition coefficient (Wildman–Crippen LogP) is 4.38. The van der Waals surface area contributed by atoms with Crippen LogP contribution in [-0.2, 0) is 14.8 Å². The Bertz CT molecular complexity index is 1160. The number of thioether (sulfide) groups is 1. The third kappa shape index (κ3) is 5.08. The van der Waals surface area contributed by atoms with E-state index in [9.17, 15) is 13.2 Å². The molecule has 3 aromatic rings. The van der Waals surface area contributed by atoms with Crippen molar-refractivity contribution in [3.05, 3.63) is 42.0 Å². The Morgan fingerprint density at radius 1 is 1.16 bits per heavy atom. The van der Waals surface area contributed by atoms with Crippen LogP contribution in [0.25, 0.3) is 10.2 Å². The smallest absolute Gasteiger partial charge is 0.243 e. The fourth-order valence-corrected chi connectivity index (χ4v) is 6.88. The Balaban J connectivity index is 1.36. The third-order valence-corrected chi connectivity index (χ3v) is 9.41. The fourth-order valence-electron chi connectivity index (χ4n) is 3.72. The molecule has 1 amide bonds. The van der Waals surface area contributed by atoms with Gasteiger partial charge in [-0.15, -0.1) is 11.3 Å². The van der Waals surface area contributed by atoms with Crippen LogP contribution in [0, 0.1) is 0 Å². The van der Waals surface area contributed by atoms with Gasteiger partial charge >= 0.3 is 0 Å². The lowest BCUT2D eigenvalue weighted by Gasteiger charge is -2.30. The summed E-state index contributed by atoms with van der Waals surface area (Å²) in [7, 11) is -1.88. The van der Waals surface area contributed by atoms with Crippen molar-refractivity contribution in [3.8, 4) is 0 Å². The molecule has 164 valence electrons. The molecule has 4 rings (SSSR count). The molecule has 10 heteroatoms. The molecule has 31 heavy (non-hydrogen) atoms. The van der Waals surface area contributed by atoms with Crippen molar-refractivity contribution in [2.75, 3.05) is 18.1 Å². The molecule has 0 unspecified atom stereocenters. The van der Waals surface area contributed by atoms with Crippen LogP contribution in [-0.4, -0.2) is 47.4 Å². The molecule has 2 aromatic heterocycles. The normalized spacial score (nSPS) is 15.4. The second kappa shape index (κ2) is 9.64. The van der Waals surface area contributed by atoms with Crippen LogP contribution in [0.1, 0.15) is 32.1 Å². The molecule has 1 aromatic carbocycles. The summed E-state index contributed by atoms with van der Waals surface area (Å²) >= 11 is 2.90. The minimum absolute atomic E-state index is 0.0618. The average Bonchev–Trinajstić information content (AvgIpc) is 3.27. The van der Waals surface area contributed by atoms with Gasteiger partial charge in [-0.1, -0.05) is 31.0 Å². The number of benzene rings is 1. The summed E-state index contributed by atoms with van der Waals surface area (Å²) in [6, 6.07) is 8.35. The lowest BCUT2D eigenvalue weighted by Crippen LogP contribution is -2.38. The van der Waals surface area contributed by atoms with Crippen molar-refractivity contribution in [1.82, 2.24) is 14.3 Å². The molecule has 1 N–H and O–H groups in total. The summed E-state index contributed by atoms with van der Waals surface area (Å²) in [5.74, 6) is 0.0253. The van der Waals surface area contributed by atoms with E-state index < -0.39 is 10.0 Å². The molecule has 7 nitrogen and oxygen atoms in total. The maximum atomic E-state index is 12.9. The number of hydrogen-bond donors (Lipinski definition) is 1. The molecule has 1 saturated carbocycles. The van der Waals surface area contributed by atoms with Gasteiger partial charge < -0.3 is 5.32 Å². The standard InChI is InChI=1S/C21H24N4O3S3/c1-25(16-5-3-2-4-6-16)31(27,28)17-9-7-15(8-10-17)24-19(26)13-30-21-20-18(11-12-29-20)22-14-23-21/h7-12,14,16H,2-6,13H2,1H3,(H,24,26). The van der Waals surface area contributed by atoms with Crippen molar-refractivity contribution in [2.24, 2.45) is 0 Å². The van der Waals surface area contributed by atoms with Gasteiger partial charge in [0.05, 0.1) is 20.9 Å². The first-order valence-corrected chi connectivity index (χ1v) is 13.4. The summed E-state index contributed by atoms with van der Waals surface area (Å²) in [5.41, 5.74) is 1.44. The molecule has 0 radical (unpaired) electrons. The lowest BCUT2D eigenvalue weighted by molar-refractivity contribution is -0.113. The number of sulfonamides is 1. The molecule has 0 aliphatic heterocycles. The van der Waals surface area contributed by atoms with Crippen LogP contribution < -0.4 is 5.32 Å². The van der Waals surface area contributed by atoms with Crippen LogP contribution >= 0.6 is 23.1 Å². The average molecular weight is 477 g/mol. The van der Waals surface area contributed by atoms with E-state index in [1.165, 1.54) is 28.8 Å². The van der Waals surface area contributed by atoms with E-state index in [1.807, 2.05) is 11.4 Å². The summed E-state index contributed by atoms with van der Waals surface area (Å²) in [6.45, 7) is 0. The number of hydrogen-bond acceptors (Lipinski definition) is 7. The van der Waals surface area contributed by atoms with Crippen molar-refractivity contribution in [1.29, 1.82) is 0 Å². The highest BCUT2D eigenvalue weighted by Gasteiger charge is 2.28. The van der Waals surface area contributed by atoms with E-state index in [1.54, 1.807) is 42.6 Å². The van der Waals surface area contributed by atoms with Gasteiger partial charge in [0.15, 0.2) is 0 Å². The molecule has 1 aliphatic rings. The number of carbonyl (C=O) groups is 1. The molecule has 0 spiro atoms. The van der Waals surface area contributed by atoms with E-state index in [2.05, 4.69) is 15.3 Å². The fraction of sp³-hybridized carbons (Fsp3) is 0.381. The number of nitrogens with zero attached hydrogens (tertiary/aromatic N) is 3. The molecule has 0 saturated heterocycles. The van der Waals surface area contributed by atoms with Crippen LogP contribution in [0.3, 0.4) is 0 Å².